The first kappa shape index (κ1) is 7.95. The van der Waals surface area contributed by atoms with Crippen molar-refractivity contribution in [1.82, 2.24) is 4.90 Å². The summed E-state index contributed by atoms with van der Waals surface area (Å²) in [5, 5.41) is 0. The van der Waals surface area contributed by atoms with E-state index in [9.17, 15) is 4.39 Å². The number of rotatable bonds is 3. The number of morpholine rings is 1. The Hall–Kier alpha value is -0.150. The van der Waals surface area contributed by atoms with E-state index in [0.717, 1.165) is 32.8 Å². The lowest BCUT2D eigenvalue weighted by atomic mass is 10.3. The fraction of sp³-hybridized carbons (Fsp3) is 1.00. The second kappa shape index (κ2) is 4.63. The lowest BCUT2D eigenvalue weighted by Gasteiger charge is -2.25. The molecule has 0 atom stereocenters. The molecule has 0 aromatic carbocycles. The minimum Gasteiger partial charge on any atom is -0.379 e. The minimum absolute atomic E-state index is 0.197. The van der Waals surface area contributed by atoms with Crippen LogP contribution in [-0.2, 0) is 4.74 Å². The van der Waals surface area contributed by atoms with E-state index in [0.29, 0.717) is 6.42 Å². The fourth-order valence-electron chi connectivity index (χ4n) is 1.11. The molecule has 0 saturated carbocycles. The molecule has 0 aromatic rings. The zero-order chi connectivity index (χ0) is 7.23. The summed E-state index contributed by atoms with van der Waals surface area (Å²) in [7, 11) is 0. The molecule has 2 nitrogen and oxygen atoms in total. The van der Waals surface area contributed by atoms with E-state index in [-0.39, 0.29) is 6.67 Å². The van der Waals surface area contributed by atoms with Gasteiger partial charge in [-0.05, 0) is 6.42 Å². The van der Waals surface area contributed by atoms with Gasteiger partial charge in [-0.1, -0.05) is 0 Å². The lowest BCUT2D eigenvalue weighted by Crippen LogP contribution is -2.36. The van der Waals surface area contributed by atoms with Gasteiger partial charge in [0, 0.05) is 19.6 Å². The quantitative estimate of drug-likeness (QED) is 0.582. The predicted octanol–water partition coefficient (Wildman–Crippen LogP) is 0.678. The van der Waals surface area contributed by atoms with Crippen LogP contribution in [0.25, 0.3) is 0 Å². The first-order chi connectivity index (χ1) is 4.93. The minimum atomic E-state index is -0.197. The van der Waals surface area contributed by atoms with Crippen LogP contribution in [0.15, 0.2) is 0 Å². The Bertz CT molecular complexity index is 83.7. The van der Waals surface area contributed by atoms with Crippen molar-refractivity contribution < 1.29 is 9.13 Å². The molecule has 10 heavy (non-hydrogen) atoms. The summed E-state index contributed by atoms with van der Waals surface area (Å²) in [6.07, 6.45) is 0.667. The van der Waals surface area contributed by atoms with E-state index in [1.165, 1.54) is 0 Å². The van der Waals surface area contributed by atoms with E-state index in [1.54, 1.807) is 0 Å². The van der Waals surface area contributed by atoms with E-state index in [4.69, 9.17) is 4.74 Å². The second-order valence-corrected chi connectivity index (χ2v) is 2.50. The van der Waals surface area contributed by atoms with Crippen LogP contribution in [-0.4, -0.2) is 44.4 Å². The molecule has 0 radical (unpaired) electrons. The number of hydrogen-bond acceptors (Lipinski definition) is 2. The lowest BCUT2D eigenvalue weighted by molar-refractivity contribution is 0.0366. The van der Waals surface area contributed by atoms with Gasteiger partial charge in [0.15, 0.2) is 0 Å². The largest absolute Gasteiger partial charge is 0.379 e. The molecule has 1 rings (SSSR count). The number of ether oxygens (including phenoxy) is 1. The highest BCUT2D eigenvalue weighted by Crippen LogP contribution is 1.97. The molecule has 0 spiro atoms. The average Bonchev–Trinajstić information content (AvgIpc) is 2.03. The average molecular weight is 147 g/mol. The molecule has 1 aliphatic rings. The van der Waals surface area contributed by atoms with Gasteiger partial charge in [0.05, 0.1) is 19.9 Å². The molecule has 1 aliphatic heterocycles. The van der Waals surface area contributed by atoms with Gasteiger partial charge in [-0.15, -0.1) is 0 Å². The Morgan fingerprint density at radius 1 is 1.30 bits per heavy atom. The van der Waals surface area contributed by atoms with Crippen molar-refractivity contribution in [3.8, 4) is 0 Å². The van der Waals surface area contributed by atoms with Crippen LogP contribution in [0.1, 0.15) is 6.42 Å². The Balaban J connectivity index is 2.02. The highest BCUT2D eigenvalue weighted by molar-refractivity contribution is 4.60. The van der Waals surface area contributed by atoms with Gasteiger partial charge in [0.25, 0.3) is 0 Å². The SMILES string of the molecule is FCCCN1CCOCC1. The van der Waals surface area contributed by atoms with Crippen LogP contribution in [0.3, 0.4) is 0 Å². The Morgan fingerprint density at radius 3 is 2.60 bits per heavy atom. The summed E-state index contributed by atoms with van der Waals surface area (Å²) >= 11 is 0. The number of hydrogen-bond donors (Lipinski definition) is 0. The van der Waals surface area contributed by atoms with Gasteiger partial charge in [0.1, 0.15) is 0 Å². The van der Waals surface area contributed by atoms with Crippen molar-refractivity contribution in [3.63, 3.8) is 0 Å². The van der Waals surface area contributed by atoms with Crippen LogP contribution in [0, 0.1) is 0 Å². The maximum Gasteiger partial charge on any atom is 0.0906 e. The zero-order valence-electron chi connectivity index (χ0n) is 6.18. The molecule has 0 aromatic heterocycles. The molecule has 0 bridgehead atoms. The zero-order valence-corrected chi connectivity index (χ0v) is 6.18. The van der Waals surface area contributed by atoms with Gasteiger partial charge in [-0.3, -0.25) is 9.29 Å². The molecular formula is C7H14FNO. The van der Waals surface area contributed by atoms with E-state index >= 15 is 0 Å². The maximum absolute atomic E-state index is 11.7. The summed E-state index contributed by atoms with van der Waals surface area (Å²) < 4.78 is 16.8. The van der Waals surface area contributed by atoms with Crippen molar-refractivity contribution in [2.24, 2.45) is 0 Å². The highest BCUT2D eigenvalue weighted by atomic mass is 19.1. The van der Waals surface area contributed by atoms with Crippen LogP contribution >= 0.6 is 0 Å². The van der Waals surface area contributed by atoms with Crippen molar-refractivity contribution in [1.29, 1.82) is 0 Å². The van der Waals surface area contributed by atoms with Crippen LogP contribution in [0.4, 0.5) is 4.39 Å². The van der Waals surface area contributed by atoms with Gasteiger partial charge < -0.3 is 4.74 Å². The molecule has 0 amide bonds. The Morgan fingerprint density at radius 2 is 2.00 bits per heavy atom. The maximum atomic E-state index is 11.7. The van der Waals surface area contributed by atoms with Crippen molar-refractivity contribution >= 4 is 0 Å². The molecule has 3 heteroatoms. The van der Waals surface area contributed by atoms with Crippen molar-refractivity contribution in [2.75, 3.05) is 39.5 Å². The summed E-state index contributed by atoms with van der Waals surface area (Å²) in [4.78, 5) is 2.24. The number of nitrogens with zero attached hydrogens (tertiary/aromatic N) is 1. The first-order valence-corrected chi connectivity index (χ1v) is 3.79. The molecule has 0 N–H and O–H groups in total. The smallest absolute Gasteiger partial charge is 0.0906 e. The van der Waals surface area contributed by atoms with Gasteiger partial charge in [-0.25, -0.2) is 0 Å². The standard InChI is InChI=1S/C7H14FNO/c8-2-1-3-9-4-6-10-7-5-9/h1-7H2. The van der Waals surface area contributed by atoms with E-state index in [1.807, 2.05) is 0 Å². The number of halogens is 1. The highest BCUT2D eigenvalue weighted by Gasteiger charge is 2.08. The van der Waals surface area contributed by atoms with Crippen LogP contribution < -0.4 is 0 Å². The van der Waals surface area contributed by atoms with Crippen molar-refractivity contribution in [2.45, 2.75) is 6.42 Å². The predicted molar refractivity (Wildman–Crippen MR) is 37.9 cm³/mol. The van der Waals surface area contributed by atoms with Gasteiger partial charge in [0.2, 0.25) is 0 Å². The second-order valence-electron chi connectivity index (χ2n) is 2.50. The monoisotopic (exact) mass is 147 g/mol. The van der Waals surface area contributed by atoms with Gasteiger partial charge in [-0.2, -0.15) is 0 Å². The third kappa shape index (κ3) is 2.62. The first-order valence-electron chi connectivity index (χ1n) is 3.79. The molecular weight excluding hydrogens is 133 g/mol. The molecule has 1 heterocycles. The van der Waals surface area contributed by atoms with Gasteiger partial charge >= 0.3 is 0 Å². The third-order valence-electron chi connectivity index (χ3n) is 1.71. The topological polar surface area (TPSA) is 12.5 Å². The Kier molecular flexibility index (Phi) is 3.68. The fourth-order valence-corrected chi connectivity index (χ4v) is 1.11. The molecule has 0 aliphatic carbocycles. The van der Waals surface area contributed by atoms with E-state index < -0.39 is 0 Å². The molecule has 1 fully saturated rings. The van der Waals surface area contributed by atoms with E-state index in [2.05, 4.69) is 4.90 Å². The van der Waals surface area contributed by atoms with Crippen LogP contribution in [0.5, 0.6) is 0 Å². The summed E-state index contributed by atoms with van der Waals surface area (Å²) in [5.41, 5.74) is 0. The summed E-state index contributed by atoms with van der Waals surface area (Å²) in [6, 6.07) is 0. The molecule has 0 unspecified atom stereocenters. The summed E-state index contributed by atoms with van der Waals surface area (Å²) in [6.45, 7) is 4.26. The molecule has 60 valence electrons. The normalized spacial score (nSPS) is 21.3. The third-order valence-corrected chi connectivity index (χ3v) is 1.71. The Labute approximate surface area is 61.0 Å². The summed E-state index contributed by atoms with van der Waals surface area (Å²) in [5.74, 6) is 0. The molecule has 1 saturated heterocycles. The number of alkyl halides is 1. The van der Waals surface area contributed by atoms with Crippen molar-refractivity contribution in [3.05, 3.63) is 0 Å². The van der Waals surface area contributed by atoms with Crippen LogP contribution in [0.2, 0.25) is 0 Å².